The Morgan fingerprint density at radius 2 is 1.70 bits per heavy atom. The molecule has 3 rings (SSSR count). The number of primary amides is 1. The van der Waals surface area contributed by atoms with E-state index >= 15 is 0 Å². The Labute approximate surface area is 131 Å². The van der Waals surface area contributed by atoms with Gasteiger partial charge < -0.3 is 10.8 Å². The Balaban J connectivity index is 1.99. The third-order valence-corrected chi connectivity index (χ3v) is 4.52. The van der Waals surface area contributed by atoms with Crippen LogP contribution in [0.4, 0.5) is 0 Å². The van der Waals surface area contributed by atoms with Gasteiger partial charge in [-0.1, -0.05) is 12.1 Å². The number of aliphatic carboxylic acids is 1. The van der Waals surface area contributed by atoms with Gasteiger partial charge in [0.2, 0.25) is 17.7 Å². The van der Waals surface area contributed by atoms with Crippen molar-refractivity contribution < 1.29 is 24.3 Å². The highest BCUT2D eigenvalue weighted by Gasteiger charge is 2.60. The molecule has 8 heteroatoms. The van der Waals surface area contributed by atoms with E-state index in [1.54, 1.807) is 12.1 Å². The molecule has 3 amide bonds. The Morgan fingerprint density at radius 1 is 1.13 bits per heavy atom. The van der Waals surface area contributed by atoms with Crippen LogP contribution in [0.5, 0.6) is 0 Å². The Bertz CT molecular complexity index is 714. The molecule has 8 nitrogen and oxygen atoms in total. The van der Waals surface area contributed by atoms with E-state index in [0.717, 1.165) is 4.90 Å². The summed E-state index contributed by atoms with van der Waals surface area (Å²) in [6, 6.07) is 4.50. The molecule has 0 aliphatic carbocycles. The van der Waals surface area contributed by atoms with Gasteiger partial charge in [0.15, 0.2) is 0 Å². The van der Waals surface area contributed by atoms with Gasteiger partial charge >= 0.3 is 5.97 Å². The molecule has 2 fully saturated rings. The lowest BCUT2D eigenvalue weighted by Crippen LogP contribution is -2.41. The van der Waals surface area contributed by atoms with Crippen LogP contribution in [-0.2, 0) is 14.4 Å². The number of hydrogen-bond acceptors (Lipinski definition) is 5. The predicted molar refractivity (Wildman–Crippen MR) is 77.0 cm³/mol. The molecule has 1 aromatic carbocycles. The molecule has 0 aromatic heterocycles. The van der Waals surface area contributed by atoms with Crippen LogP contribution >= 0.6 is 0 Å². The van der Waals surface area contributed by atoms with Crippen LogP contribution in [0.25, 0.3) is 0 Å². The Hall–Kier alpha value is -2.74. The number of imide groups is 1. The van der Waals surface area contributed by atoms with Crippen LogP contribution in [0.1, 0.15) is 22.0 Å². The second-order valence-electron chi connectivity index (χ2n) is 5.73. The second-order valence-corrected chi connectivity index (χ2v) is 5.73. The molecule has 4 N–H and O–H groups in total. The fourth-order valence-electron chi connectivity index (χ4n) is 3.35. The van der Waals surface area contributed by atoms with E-state index < -0.39 is 47.6 Å². The standard InChI is InChI=1S/C15H15N3O5/c1-18-13(20)8-9(14(18)21)11(15(22)23)17-10(8)6-2-4-7(5-3-6)12(16)19/h2-5,8-11,17H,1H3,(H2,16,19)(H,22,23). The summed E-state index contributed by atoms with van der Waals surface area (Å²) < 4.78 is 0. The minimum Gasteiger partial charge on any atom is -0.480 e. The van der Waals surface area contributed by atoms with Gasteiger partial charge in [-0.05, 0) is 17.7 Å². The average Bonchev–Trinajstić information content (AvgIpc) is 3.01. The first-order chi connectivity index (χ1) is 10.8. The van der Waals surface area contributed by atoms with E-state index in [1.807, 2.05) is 0 Å². The zero-order valence-electron chi connectivity index (χ0n) is 12.2. The molecule has 2 saturated heterocycles. The van der Waals surface area contributed by atoms with Crippen molar-refractivity contribution in [2.45, 2.75) is 12.1 Å². The molecule has 23 heavy (non-hydrogen) atoms. The largest absolute Gasteiger partial charge is 0.480 e. The number of carbonyl (C=O) groups is 4. The number of nitrogens with two attached hydrogens (primary N) is 1. The summed E-state index contributed by atoms with van der Waals surface area (Å²) in [6.07, 6.45) is 0. The summed E-state index contributed by atoms with van der Waals surface area (Å²) in [5.74, 6) is -4.34. The molecule has 0 spiro atoms. The van der Waals surface area contributed by atoms with E-state index in [0.29, 0.717) is 11.1 Å². The van der Waals surface area contributed by atoms with Crippen molar-refractivity contribution in [3.05, 3.63) is 35.4 Å². The zero-order chi connectivity index (χ0) is 16.9. The van der Waals surface area contributed by atoms with Crippen molar-refractivity contribution in [3.63, 3.8) is 0 Å². The van der Waals surface area contributed by atoms with Crippen LogP contribution in [0.15, 0.2) is 24.3 Å². The zero-order valence-corrected chi connectivity index (χ0v) is 12.2. The van der Waals surface area contributed by atoms with E-state index in [-0.39, 0.29) is 0 Å². The van der Waals surface area contributed by atoms with Crippen LogP contribution in [0, 0.1) is 11.8 Å². The van der Waals surface area contributed by atoms with E-state index in [2.05, 4.69) is 5.32 Å². The van der Waals surface area contributed by atoms with Crippen molar-refractivity contribution in [2.24, 2.45) is 17.6 Å². The number of nitrogens with one attached hydrogen (secondary N) is 1. The predicted octanol–water partition coefficient (Wildman–Crippen LogP) is -0.886. The van der Waals surface area contributed by atoms with Crippen molar-refractivity contribution in [3.8, 4) is 0 Å². The maximum absolute atomic E-state index is 12.3. The number of likely N-dealkylation sites (tertiary alicyclic amines) is 1. The van der Waals surface area contributed by atoms with Gasteiger partial charge in [-0.15, -0.1) is 0 Å². The number of rotatable bonds is 3. The third-order valence-electron chi connectivity index (χ3n) is 4.52. The number of carboxylic acids is 1. The molecular weight excluding hydrogens is 302 g/mol. The van der Waals surface area contributed by atoms with Crippen molar-refractivity contribution in [1.29, 1.82) is 0 Å². The highest BCUT2D eigenvalue weighted by molar-refractivity contribution is 6.08. The average molecular weight is 317 g/mol. The summed E-state index contributed by atoms with van der Waals surface area (Å²) in [4.78, 5) is 48.0. The van der Waals surface area contributed by atoms with Gasteiger partial charge in [0, 0.05) is 18.7 Å². The molecule has 1 aromatic rings. The van der Waals surface area contributed by atoms with Gasteiger partial charge in [0.1, 0.15) is 6.04 Å². The van der Waals surface area contributed by atoms with Gasteiger partial charge in [-0.3, -0.25) is 29.4 Å². The summed E-state index contributed by atoms with van der Waals surface area (Å²) in [6.45, 7) is 0. The van der Waals surface area contributed by atoms with Crippen LogP contribution < -0.4 is 11.1 Å². The highest BCUT2D eigenvalue weighted by atomic mass is 16.4. The number of fused-ring (bicyclic) bond motifs is 1. The summed E-state index contributed by atoms with van der Waals surface area (Å²) in [7, 11) is 1.36. The topological polar surface area (TPSA) is 130 Å². The van der Waals surface area contributed by atoms with Gasteiger partial charge in [0.25, 0.3) is 0 Å². The molecule has 0 radical (unpaired) electrons. The lowest BCUT2D eigenvalue weighted by Gasteiger charge is -2.19. The monoisotopic (exact) mass is 317 g/mol. The fourth-order valence-corrected chi connectivity index (χ4v) is 3.35. The second kappa shape index (κ2) is 5.17. The minimum absolute atomic E-state index is 0.309. The number of carboxylic acid groups (broad SMARTS) is 1. The molecule has 120 valence electrons. The Morgan fingerprint density at radius 3 is 2.22 bits per heavy atom. The van der Waals surface area contributed by atoms with Crippen LogP contribution in [0.3, 0.4) is 0 Å². The number of carbonyl (C=O) groups excluding carboxylic acids is 3. The first kappa shape index (κ1) is 15.2. The molecule has 2 aliphatic heterocycles. The van der Waals surface area contributed by atoms with Crippen LogP contribution in [-0.4, -0.2) is 46.8 Å². The van der Waals surface area contributed by atoms with E-state index in [4.69, 9.17) is 5.73 Å². The quantitative estimate of drug-likeness (QED) is 0.620. The molecule has 0 saturated carbocycles. The summed E-state index contributed by atoms with van der Waals surface area (Å²) in [5, 5.41) is 12.2. The normalized spacial score (nSPS) is 29.7. The van der Waals surface area contributed by atoms with E-state index in [9.17, 15) is 24.3 Å². The summed E-state index contributed by atoms with van der Waals surface area (Å²) in [5.41, 5.74) is 6.12. The van der Waals surface area contributed by atoms with E-state index in [1.165, 1.54) is 19.2 Å². The molecule has 4 unspecified atom stereocenters. The number of hydrogen-bond donors (Lipinski definition) is 3. The molecule has 4 atom stereocenters. The maximum Gasteiger partial charge on any atom is 0.321 e. The molecule has 2 heterocycles. The van der Waals surface area contributed by atoms with Gasteiger partial charge in [-0.25, -0.2) is 0 Å². The molecule has 2 aliphatic rings. The minimum atomic E-state index is -1.17. The highest BCUT2D eigenvalue weighted by Crippen LogP contribution is 2.43. The maximum atomic E-state index is 12.3. The molecule has 0 bridgehead atoms. The van der Waals surface area contributed by atoms with Gasteiger partial charge in [-0.2, -0.15) is 0 Å². The molecular formula is C15H15N3O5. The van der Waals surface area contributed by atoms with Crippen molar-refractivity contribution in [1.82, 2.24) is 10.2 Å². The lowest BCUT2D eigenvalue weighted by atomic mass is 9.86. The first-order valence-corrected chi connectivity index (χ1v) is 7.03. The lowest BCUT2D eigenvalue weighted by molar-refractivity contribution is -0.145. The fraction of sp³-hybridized carbons (Fsp3) is 0.333. The van der Waals surface area contributed by atoms with Gasteiger partial charge in [0.05, 0.1) is 11.8 Å². The van der Waals surface area contributed by atoms with Crippen molar-refractivity contribution in [2.75, 3.05) is 7.05 Å². The number of nitrogens with zero attached hydrogens (tertiary/aromatic N) is 1. The van der Waals surface area contributed by atoms with Crippen LogP contribution in [0.2, 0.25) is 0 Å². The smallest absolute Gasteiger partial charge is 0.321 e. The number of amides is 3. The number of benzene rings is 1. The van der Waals surface area contributed by atoms with Crippen molar-refractivity contribution >= 4 is 23.7 Å². The summed E-state index contributed by atoms with van der Waals surface area (Å²) >= 11 is 0. The SMILES string of the molecule is CN1C(=O)C2C(C(=O)O)NC(c3ccc(C(N)=O)cc3)C2C1=O. The first-order valence-electron chi connectivity index (χ1n) is 7.03. The third kappa shape index (κ3) is 2.18. The Kier molecular flexibility index (Phi) is 3.41.